The van der Waals surface area contributed by atoms with Crippen molar-refractivity contribution in [1.29, 1.82) is 0 Å². The number of benzene rings is 1. The predicted molar refractivity (Wildman–Crippen MR) is 97.9 cm³/mol. The van der Waals surface area contributed by atoms with E-state index in [1.165, 1.54) is 0 Å². The van der Waals surface area contributed by atoms with Gasteiger partial charge in [0.25, 0.3) is 0 Å². The number of H-pyrrole nitrogens is 2. The Hall–Kier alpha value is -2.56. The van der Waals surface area contributed by atoms with E-state index in [0.29, 0.717) is 6.42 Å². The Morgan fingerprint density at radius 1 is 1.12 bits per heavy atom. The molecule has 4 rings (SSSR count). The number of carbonyl (C=O) groups excluding carboxylic acids is 1. The molecule has 0 bridgehead atoms. The molecule has 0 spiro atoms. The van der Waals surface area contributed by atoms with Crippen LogP contribution in [0.1, 0.15) is 36.7 Å². The quantitative estimate of drug-likeness (QED) is 0.884. The highest BCUT2D eigenvalue weighted by atomic mass is 16.2. The Labute approximate surface area is 146 Å². The smallest absolute Gasteiger partial charge is 0.323 e. The van der Waals surface area contributed by atoms with Gasteiger partial charge < -0.3 is 14.9 Å². The van der Waals surface area contributed by atoms with E-state index >= 15 is 0 Å². The fourth-order valence-corrected chi connectivity index (χ4v) is 4.07. The van der Waals surface area contributed by atoms with Gasteiger partial charge in [-0.3, -0.25) is 4.79 Å². The van der Waals surface area contributed by atoms with Crippen LogP contribution in [0.2, 0.25) is 0 Å². The molecule has 2 aromatic rings. The Bertz CT molecular complexity index is 857. The van der Waals surface area contributed by atoms with Gasteiger partial charge in [0.15, 0.2) is 0 Å². The summed E-state index contributed by atoms with van der Waals surface area (Å²) in [5.74, 6) is 0.138. The van der Waals surface area contributed by atoms with Crippen molar-refractivity contribution in [3.63, 3.8) is 0 Å². The van der Waals surface area contributed by atoms with Crippen molar-refractivity contribution in [1.82, 2.24) is 14.9 Å². The molecule has 0 saturated carbocycles. The Morgan fingerprint density at radius 3 is 2.56 bits per heavy atom. The summed E-state index contributed by atoms with van der Waals surface area (Å²) in [6.07, 6.45) is 4.77. The number of aromatic amines is 2. The second-order valence-corrected chi connectivity index (χ2v) is 7.07. The first-order chi connectivity index (χ1) is 12.1. The van der Waals surface area contributed by atoms with Gasteiger partial charge in [0.2, 0.25) is 5.91 Å². The highest BCUT2D eigenvalue weighted by Gasteiger charge is 2.35. The number of nitrogens with zero attached hydrogens (tertiary/aromatic N) is 1. The van der Waals surface area contributed by atoms with Gasteiger partial charge >= 0.3 is 5.69 Å². The Balaban J connectivity index is 1.78. The van der Waals surface area contributed by atoms with E-state index < -0.39 is 0 Å². The van der Waals surface area contributed by atoms with Gasteiger partial charge in [-0.2, -0.15) is 0 Å². The average Bonchev–Trinajstić information content (AvgIpc) is 3.24. The van der Waals surface area contributed by atoms with Crippen LogP contribution < -0.4 is 5.69 Å². The van der Waals surface area contributed by atoms with Crippen LogP contribution in [0, 0.1) is 11.8 Å². The van der Waals surface area contributed by atoms with E-state index in [1.807, 2.05) is 29.2 Å². The molecule has 1 aromatic heterocycles. The van der Waals surface area contributed by atoms with Crippen LogP contribution in [0.3, 0.4) is 0 Å². The van der Waals surface area contributed by atoms with Gasteiger partial charge in [0.05, 0.1) is 11.6 Å². The molecule has 1 saturated heterocycles. The fraction of sp³-hybridized carbons (Fsp3) is 0.400. The minimum absolute atomic E-state index is 0.0832. The first-order valence-electron chi connectivity index (χ1n) is 9.00. The van der Waals surface area contributed by atoms with E-state index in [0.717, 1.165) is 48.5 Å². The van der Waals surface area contributed by atoms with Gasteiger partial charge in [-0.05, 0) is 36.0 Å². The number of allylic oxidation sites excluding steroid dienone is 1. The van der Waals surface area contributed by atoms with E-state index in [9.17, 15) is 9.59 Å². The number of hydrogen-bond acceptors (Lipinski definition) is 2. The predicted octanol–water partition coefficient (Wildman–Crippen LogP) is 2.67. The Kier molecular flexibility index (Phi) is 4.07. The Morgan fingerprint density at radius 2 is 1.84 bits per heavy atom. The van der Waals surface area contributed by atoms with Gasteiger partial charge in [0.1, 0.15) is 0 Å². The summed E-state index contributed by atoms with van der Waals surface area (Å²) < 4.78 is 0. The second kappa shape index (κ2) is 6.39. The van der Waals surface area contributed by atoms with E-state index in [2.05, 4.69) is 29.0 Å². The number of rotatable bonds is 2. The zero-order chi connectivity index (χ0) is 17.4. The van der Waals surface area contributed by atoms with Gasteiger partial charge in [0, 0.05) is 25.2 Å². The molecule has 1 aromatic carbocycles. The zero-order valence-corrected chi connectivity index (χ0v) is 14.4. The van der Waals surface area contributed by atoms with Crippen LogP contribution in [0.4, 0.5) is 0 Å². The molecular formula is C20H23N3O2. The van der Waals surface area contributed by atoms with Crippen LogP contribution in [0.15, 0.2) is 35.1 Å². The largest absolute Gasteiger partial charge is 0.342 e. The number of amides is 1. The molecule has 0 unspecified atom stereocenters. The summed E-state index contributed by atoms with van der Waals surface area (Å²) in [4.78, 5) is 32.7. The lowest BCUT2D eigenvalue weighted by Gasteiger charge is -2.28. The summed E-state index contributed by atoms with van der Waals surface area (Å²) in [5, 5.41) is 0. The van der Waals surface area contributed by atoms with Crippen molar-refractivity contribution < 1.29 is 4.79 Å². The summed E-state index contributed by atoms with van der Waals surface area (Å²) in [6, 6.07) is 10.1. The molecule has 1 fully saturated rings. The van der Waals surface area contributed by atoms with E-state index in [-0.39, 0.29) is 23.4 Å². The number of imidazole rings is 1. The maximum atomic E-state index is 13.2. The molecule has 1 aliphatic heterocycles. The first kappa shape index (κ1) is 15.9. The summed E-state index contributed by atoms with van der Waals surface area (Å²) in [6.45, 7) is 3.83. The number of fused-ring (bicyclic) bond motifs is 1. The number of carbonyl (C=O) groups is 1. The number of likely N-dealkylation sites (tertiary alicyclic amines) is 1. The van der Waals surface area contributed by atoms with Crippen LogP contribution in [-0.2, 0) is 11.2 Å². The molecule has 2 atom stereocenters. The van der Waals surface area contributed by atoms with Crippen molar-refractivity contribution >= 4 is 17.6 Å². The van der Waals surface area contributed by atoms with Gasteiger partial charge in [-0.25, -0.2) is 4.79 Å². The van der Waals surface area contributed by atoms with Gasteiger partial charge in [-0.15, -0.1) is 0 Å². The molecule has 2 N–H and O–H groups in total. The van der Waals surface area contributed by atoms with Crippen LogP contribution in [0.5, 0.6) is 0 Å². The third-order valence-corrected chi connectivity index (χ3v) is 5.50. The van der Waals surface area contributed by atoms with Gasteiger partial charge in [-0.1, -0.05) is 37.3 Å². The van der Waals surface area contributed by atoms with Crippen molar-refractivity contribution in [2.75, 3.05) is 13.1 Å². The monoisotopic (exact) mass is 337 g/mol. The van der Waals surface area contributed by atoms with Crippen molar-refractivity contribution in [2.45, 2.75) is 26.2 Å². The van der Waals surface area contributed by atoms with E-state index in [1.54, 1.807) is 0 Å². The summed E-state index contributed by atoms with van der Waals surface area (Å²) in [7, 11) is 0. The SMILES string of the molecule is C[C@H]1C(c2ccccc2)=Cc2[nH]c(=O)[nH]c2C[C@H]1C(=O)N1CCCC1. The minimum atomic E-state index is -0.212. The molecule has 5 nitrogen and oxygen atoms in total. The van der Waals surface area contributed by atoms with Crippen LogP contribution >= 0.6 is 0 Å². The molecule has 5 heteroatoms. The normalized spacial score (nSPS) is 23.1. The highest BCUT2D eigenvalue weighted by Crippen LogP contribution is 2.37. The van der Waals surface area contributed by atoms with Crippen LogP contribution in [0.25, 0.3) is 11.6 Å². The third-order valence-electron chi connectivity index (χ3n) is 5.50. The standard InChI is InChI=1S/C20H23N3O2/c1-13-15(14-7-3-2-4-8-14)11-17-18(22-20(25)21-17)12-16(13)19(24)23-9-5-6-10-23/h2-4,7-8,11,13,16H,5-6,9-10,12H2,1H3,(H2,21,22,25)/t13-,16+/m0/s1. The number of hydrogen-bond donors (Lipinski definition) is 2. The number of nitrogens with one attached hydrogen (secondary N) is 2. The van der Waals surface area contributed by atoms with Crippen molar-refractivity contribution in [3.05, 3.63) is 57.8 Å². The lowest BCUT2D eigenvalue weighted by molar-refractivity contribution is -0.135. The number of aromatic nitrogens is 2. The molecule has 130 valence electrons. The molecule has 1 aliphatic carbocycles. The maximum absolute atomic E-state index is 13.2. The molecule has 2 aliphatic rings. The second-order valence-electron chi connectivity index (χ2n) is 7.07. The van der Waals surface area contributed by atoms with Crippen molar-refractivity contribution in [2.24, 2.45) is 11.8 Å². The minimum Gasteiger partial charge on any atom is -0.342 e. The third kappa shape index (κ3) is 2.95. The van der Waals surface area contributed by atoms with Crippen LogP contribution in [-0.4, -0.2) is 33.9 Å². The lowest BCUT2D eigenvalue weighted by atomic mass is 9.82. The van der Waals surface area contributed by atoms with Crippen molar-refractivity contribution in [3.8, 4) is 0 Å². The first-order valence-corrected chi connectivity index (χ1v) is 9.00. The van der Waals surface area contributed by atoms with E-state index in [4.69, 9.17) is 0 Å². The molecular weight excluding hydrogens is 314 g/mol. The molecule has 25 heavy (non-hydrogen) atoms. The molecule has 1 amide bonds. The zero-order valence-electron chi connectivity index (χ0n) is 14.4. The summed E-state index contributed by atoms with van der Waals surface area (Å²) in [5.41, 5.74) is 3.62. The summed E-state index contributed by atoms with van der Waals surface area (Å²) >= 11 is 0. The maximum Gasteiger partial charge on any atom is 0.323 e. The lowest BCUT2D eigenvalue weighted by Crippen LogP contribution is -2.38. The topological polar surface area (TPSA) is 69.0 Å². The molecule has 2 heterocycles. The fourth-order valence-electron chi connectivity index (χ4n) is 4.07. The average molecular weight is 337 g/mol. The molecule has 0 radical (unpaired) electrons. The highest BCUT2D eigenvalue weighted by molar-refractivity contribution is 5.89.